The molecule has 0 radical (unpaired) electrons. The van der Waals surface area contributed by atoms with E-state index in [-0.39, 0.29) is 11.5 Å². The van der Waals surface area contributed by atoms with Crippen LogP contribution in [0.2, 0.25) is 0 Å². The van der Waals surface area contributed by atoms with Gasteiger partial charge in [-0.3, -0.25) is 4.79 Å². The first-order chi connectivity index (χ1) is 13.4. The Labute approximate surface area is 167 Å². The highest BCUT2D eigenvalue weighted by molar-refractivity contribution is 7.10. The molecular formula is C22H20N2O3S. The van der Waals surface area contributed by atoms with Crippen LogP contribution in [0.3, 0.4) is 0 Å². The Morgan fingerprint density at radius 1 is 1.07 bits per heavy atom. The normalized spacial score (nSPS) is 11.1. The lowest BCUT2D eigenvalue weighted by atomic mass is 10.1. The Kier molecular flexibility index (Phi) is 6.01. The summed E-state index contributed by atoms with van der Waals surface area (Å²) in [5.74, 6) is -0.859. The van der Waals surface area contributed by atoms with Gasteiger partial charge < -0.3 is 10.4 Å². The molecule has 142 valence electrons. The molecule has 0 spiro atoms. The molecule has 1 heterocycles. The van der Waals surface area contributed by atoms with Gasteiger partial charge in [0.05, 0.1) is 11.3 Å². The van der Waals surface area contributed by atoms with Crippen molar-refractivity contribution in [1.29, 1.82) is 0 Å². The van der Waals surface area contributed by atoms with E-state index in [2.05, 4.69) is 29.5 Å². The number of hydrogen-bond acceptors (Lipinski definition) is 4. The van der Waals surface area contributed by atoms with Gasteiger partial charge in [0.25, 0.3) is 5.91 Å². The minimum atomic E-state index is -1.00. The summed E-state index contributed by atoms with van der Waals surface area (Å²) >= 11 is 1.59. The summed E-state index contributed by atoms with van der Waals surface area (Å²) in [6.45, 7) is 4.22. The van der Waals surface area contributed by atoms with Gasteiger partial charge in [-0.15, -0.1) is 11.3 Å². The molecule has 3 rings (SSSR count). The molecule has 0 fully saturated rings. The van der Waals surface area contributed by atoms with Crippen LogP contribution in [0.15, 0.2) is 53.9 Å². The number of carbonyl (C=O) groups is 2. The number of aromatic nitrogens is 1. The smallest absolute Gasteiger partial charge is 0.335 e. The molecule has 0 aliphatic carbocycles. The van der Waals surface area contributed by atoms with E-state index in [1.54, 1.807) is 35.6 Å². The van der Waals surface area contributed by atoms with Gasteiger partial charge >= 0.3 is 5.97 Å². The topological polar surface area (TPSA) is 79.3 Å². The molecule has 6 heteroatoms. The number of aromatic carboxylic acids is 1. The summed E-state index contributed by atoms with van der Waals surface area (Å²) < 4.78 is 0. The highest BCUT2D eigenvalue weighted by Gasteiger charge is 2.08. The largest absolute Gasteiger partial charge is 0.478 e. The minimum absolute atomic E-state index is 0.174. The second-order valence-corrected chi connectivity index (χ2v) is 7.45. The molecule has 0 atom stereocenters. The van der Waals surface area contributed by atoms with Crippen LogP contribution in [0, 0.1) is 0 Å². The van der Waals surface area contributed by atoms with Gasteiger partial charge in [-0.1, -0.05) is 32.1 Å². The number of nitrogens with one attached hydrogen (secondary N) is 1. The molecule has 0 saturated heterocycles. The number of hydrogen-bond donors (Lipinski definition) is 2. The molecule has 2 N–H and O–H groups in total. The van der Waals surface area contributed by atoms with Crippen molar-refractivity contribution in [2.75, 3.05) is 5.32 Å². The van der Waals surface area contributed by atoms with Gasteiger partial charge in [-0.25, -0.2) is 9.78 Å². The van der Waals surface area contributed by atoms with E-state index in [0.717, 1.165) is 16.3 Å². The summed E-state index contributed by atoms with van der Waals surface area (Å²) in [4.78, 5) is 27.9. The van der Waals surface area contributed by atoms with Crippen LogP contribution >= 0.6 is 11.3 Å². The number of rotatable bonds is 6. The van der Waals surface area contributed by atoms with Crippen molar-refractivity contribution in [3.05, 3.63) is 81.3 Å². The molecular weight excluding hydrogens is 372 g/mol. The summed E-state index contributed by atoms with van der Waals surface area (Å²) in [7, 11) is 0. The highest BCUT2D eigenvalue weighted by atomic mass is 32.1. The average Bonchev–Trinajstić information content (AvgIpc) is 3.16. The lowest BCUT2D eigenvalue weighted by molar-refractivity contribution is 0.0696. The van der Waals surface area contributed by atoms with Crippen LogP contribution in [-0.2, 0) is 0 Å². The molecule has 5 nitrogen and oxygen atoms in total. The van der Waals surface area contributed by atoms with Crippen LogP contribution in [0.1, 0.15) is 56.7 Å². The van der Waals surface area contributed by atoms with Crippen molar-refractivity contribution in [3.8, 4) is 0 Å². The lowest BCUT2D eigenvalue weighted by Gasteiger charge is -2.06. The third-order valence-electron chi connectivity index (χ3n) is 4.09. The Morgan fingerprint density at radius 3 is 2.46 bits per heavy atom. The summed E-state index contributed by atoms with van der Waals surface area (Å²) in [5, 5.41) is 14.7. The van der Waals surface area contributed by atoms with Crippen LogP contribution in [0.5, 0.6) is 0 Å². The van der Waals surface area contributed by atoms with Crippen LogP contribution in [0.25, 0.3) is 12.2 Å². The van der Waals surface area contributed by atoms with Gasteiger partial charge in [0.1, 0.15) is 5.01 Å². The van der Waals surface area contributed by atoms with Gasteiger partial charge in [-0.2, -0.15) is 0 Å². The first-order valence-electron chi connectivity index (χ1n) is 8.80. The number of carbonyl (C=O) groups excluding carboxylic acids is 1. The molecule has 1 amide bonds. The summed E-state index contributed by atoms with van der Waals surface area (Å²) in [6.07, 6.45) is 3.87. The van der Waals surface area contributed by atoms with Crippen molar-refractivity contribution in [2.24, 2.45) is 0 Å². The number of carboxylic acids is 1. The van der Waals surface area contributed by atoms with E-state index in [1.165, 1.54) is 12.1 Å². The molecule has 3 aromatic rings. The number of benzene rings is 2. The summed E-state index contributed by atoms with van der Waals surface area (Å²) in [6, 6.07) is 13.3. The van der Waals surface area contributed by atoms with Crippen LogP contribution < -0.4 is 5.32 Å². The lowest BCUT2D eigenvalue weighted by Crippen LogP contribution is -2.12. The Balaban J connectivity index is 1.70. The van der Waals surface area contributed by atoms with Crippen molar-refractivity contribution >= 4 is 41.1 Å². The SMILES string of the molecule is CC(C)c1csc(/C=C/c2cccc(C(=O)Nc3ccc(C(=O)O)cc3)c2)n1. The van der Waals surface area contributed by atoms with E-state index in [9.17, 15) is 9.59 Å². The number of thiazole rings is 1. The van der Waals surface area contributed by atoms with Crippen molar-refractivity contribution < 1.29 is 14.7 Å². The zero-order valence-electron chi connectivity index (χ0n) is 15.5. The quantitative estimate of drug-likeness (QED) is 0.590. The minimum Gasteiger partial charge on any atom is -0.478 e. The van der Waals surface area contributed by atoms with Gasteiger partial charge in [0, 0.05) is 16.6 Å². The van der Waals surface area contributed by atoms with E-state index < -0.39 is 5.97 Å². The molecule has 0 bridgehead atoms. The molecule has 0 aliphatic rings. The third-order valence-corrected chi connectivity index (χ3v) is 4.92. The van der Waals surface area contributed by atoms with E-state index in [4.69, 9.17) is 5.11 Å². The highest BCUT2D eigenvalue weighted by Crippen LogP contribution is 2.20. The summed E-state index contributed by atoms with van der Waals surface area (Å²) in [5.41, 5.74) is 3.21. The third kappa shape index (κ3) is 4.92. The fraction of sp³-hybridized carbons (Fsp3) is 0.136. The van der Waals surface area contributed by atoms with Crippen LogP contribution in [-0.4, -0.2) is 22.0 Å². The van der Waals surface area contributed by atoms with Crippen molar-refractivity contribution in [1.82, 2.24) is 4.98 Å². The second kappa shape index (κ2) is 8.63. The maximum atomic E-state index is 12.5. The van der Waals surface area contributed by atoms with E-state index in [1.807, 2.05) is 24.3 Å². The zero-order valence-corrected chi connectivity index (χ0v) is 16.4. The predicted molar refractivity (Wildman–Crippen MR) is 113 cm³/mol. The molecule has 1 aromatic heterocycles. The standard InChI is InChI=1S/C22H20N2O3S/c1-14(2)19-13-28-20(24-19)11-6-15-4-3-5-17(12-15)21(25)23-18-9-7-16(8-10-18)22(26)27/h3-14H,1-2H3,(H,23,25)(H,26,27)/b11-6+. The molecule has 0 saturated carbocycles. The Hall–Kier alpha value is -3.25. The first kappa shape index (κ1) is 19.5. The molecule has 0 aliphatic heterocycles. The van der Waals surface area contributed by atoms with Crippen molar-refractivity contribution in [2.45, 2.75) is 19.8 Å². The Morgan fingerprint density at radius 2 is 1.82 bits per heavy atom. The fourth-order valence-corrected chi connectivity index (χ4v) is 3.36. The maximum Gasteiger partial charge on any atom is 0.335 e. The number of amides is 1. The fourth-order valence-electron chi connectivity index (χ4n) is 2.49. The Bertz CT molecular complexity index is 1020. The monoisotopic (exact) mass is 392 g/mol. The van der Waals surface area contributed by atoms with Gasteiger partial charge in [0.15, 0.2) is 0 Å². The van der Waals surface area contributed by atoms with Gasteiger partial charge in [0.2, 0.25) is 0 Å². The van der Waals surface area contributed by atoms with Gasteiger partial charge in [-0.05, 0) is 54.0 Å². The van der Waals surface area contributed by atoms with Crippen molar-refractivity contribution in [3.63, 3.8) is 0 Å². The predicted octanol–water partition coefficient (Wildman–Crippen LogP) is 5.39. The second-order valence-electron chi connectivity index (χ2n) is 6.56. The number of anilines is 1. The number of nitrogens with zero attached hydrogens (tertiary/aromatic N) is 1. The number of carboxylic acid groups (broad SMARTS) is 1. The van der Waals surface area contributed by atoms with E-state index >= 15 is 0 Å². The molecule has 28 heavy (non-hydrogen) atoms. The van der Waals surface area contributed by atoms with Crippen LogP contribution in [0.4, 0.5) is 5.69 Å². The maximum absolute atomic E-state index is 12.5. The molecule has 0 unspecified atom stereocenters. The molecule has 2 aromatic carbocycles. The van der Waals surface area contributed by atoms with E-state index in [0.29, 0.717) is 17.2 Å². The zero-order chi connectivity index (χ0) is 20.1. The average molecular weight is 392 g/mol. The first-order valence-corrected chi connectivity index (χ1v) is 9.68.